The molecule has 0 aromatic heterocycles. The summed E-state index contributed by atoms with van der Waals surface area (Å²) in [7, 11) is -1.37. The third kappa shape index (κ3) is 5.85. The average Bonchev–Trinajstić information content (AvgIpc) is 2.78. The van der Waals surface area contributed by atoms with Crippen LogP contribution in [-0.4, -0.2) is 8.80 Å². The van der Waals surface area contributed by atoms with E-state index >= 15 is 0 Å². The van der Waals surface area contributed by atoms with Crippen molar-refractivity contribution in [2.75, 3.05) is 0 Å². The fraction of sp³-hybridized carbons (Fsp3) is 0.200. The summed E-state index contributed by atoms with van der Waals surface area (Å²) in [6.45, 7) is 6.78. The molecule has 0 bridgehead atoms. The van der Waals surface area contributed by atoms with Crippen molar-refractivity contribution < 1.29 is 58.9 Å². The van der Waals surface area contributed by atoms with Crippen LogP contribution in [0.1, 0.15) is 20.8 Å². The van der Waals surface area contributed by atoms with Crippen molar-refractivity contribution in [1.29, 1.82) is 0 Å². The second-order valence-electron chi connectivity index (χ2n) is 5.86. The third-order valence-electron chi connectivity index (χ3n) is 4.62. The summed E-state index contributed by atoms with van der Waals surface area (Å²) in [5, 5.41) is 4.50. The molecule has 2 aromatic carbocycles. The second kappa shape index (κ2) is 12.2. The zero-order valence-electron chi connectivity index (χ0n) is 14.6. The van der Waals surface area contributed by atoms with Crippen LogP contribution >= 0.6 is 0 Å². The van der Waals surface area contributed by atoms with Gasteiger partial charge in [0, 0.05) is 0 Å². The van der Waals surface area contributed by atoms with Crippen molar-refractivity contribution in [3.63, 3.8) is 0 Å². The van der Waals surface area contributed by atoms with Gasteiger partial charge in [-0.05, 0) is 0 Å². The van der Waals surface area contributed by atoms with E-state index in [0.717, 1.165) is 0 Å². The quantitative estimate of drug-likeness (QED) is 0.328. The summed E-state index contributed by atoms with van der Waals surface area (Å²) in [4.78, 5) is 0. The summed E-state index contributed by atoms with van der Waals surface area (Å²) in [5.41, 5.74) is 2.82. The molecule has 0 saturated heterocycles. The first-order valence-corrected chi connectivity index (χ1v) is 9.32. The van der Waals surface area contributed by atoms with E-state index in [-0.39, 0.29) is 58.9 Å². The van der Waals surface area contributed by atoms with E-state index in [0.29, 0.717) is 5.92 Å². The maximum absolute atomic E-state index is 3.71. The van der Waals surface area contributed by atoms with Gasteiger partial charge < -0.3 is 37.2 Å². The zero-order valence-corrected chi connectivity index (χ0v) is 19.5. The number of allylic oxidation sites excluding steroid dienone is 4. The molecule has 1 aliphatic rings. The molecule has 0 saturated carbocycles. The van der Waals surface area contributed by atoms with Crippen LogP contribution in [0.25, 0.3) is 0 Å². The van der Waals surface area contributed by atoms with Crippen LogP contribution in [0.5, 0.6) is 0 Å². The molecular weight excluding hydrogens is 423 g/mol. The Morgan fingerprint density at radius 3 is 1.48 bits per heavy atom. The molecule has 1 unspecified atom stereocenters. The predicted octanol–water partition coefficient (Wildman–Crippen LogP) is -5.71. The van der Waals surface area contributed by atoms with Crippen molar-refractivity contribution >= 4 is 19.2 Å². The molecule has 0 heterocycles. The monoisotopic (exact) mass is 442 g/mol. The molecule has 0 fully saturated rings. The van der Waals surface area contributed by atoms with Gasteiger partial charge in [-0.3, -0.25) is 6.08 Å². The Hall–Kier alpha value is -0.279. The second-order valence-corrected chi connectivity index (χ2v) is 8.69. The van der Waals surface area contributed by atoms with Gasteiger partial charge in [-0.2, -0.15) is 5.20 Å². The molecule has 0 aliphatic heterocycles. The van der Waals surface area contributed by atoms with E-state index in [2.05, 4.69) is 87.5 Å². The molecule has 0 nitrogen and oxygen atoms in total. The van der Waals surface area contributed by atoms with E-state index in [4.69, 9.17) is 0 Å². The minimum Gasteiger partial charge on any atom is -1.00 e. The Balaban J connectivity index is 0. The number of hydrogen-bond donors (Lipinski definition) is 0. The van der Waals surface area contributed by atoms with Crippen molar-refractivity contribution in [2.24, 2.45) is 5.92 Å². The van der Waals surface area contributed by atoms with E-state index in [1.54, 1.807) is 0 Å². The molecule has 0 spiro atoms. The van der Waals surface area contributed by atoms with Gasteiger partial charge in [0.25, 0.3) is 0 Å². The molecule has 0 N–H and O–H groups in total. The van der Waals surface area contributed by atoms with Gasteiger partial charge in [-0.1, -0.05) is 90.8 Å². The number of halogens is 3. The standard InChI is InChI=1S/C20H21Si.3ClH.Ti/c1-15-14-20(17(3)16(15)2)21(18-10-6-4-7-11-18)19-12-8-5-9-13-19;;;;/h4-13,17,21H,1-3H3;3*1H;/q-1;;;;+4/p-3. The summed E-state index contributed by atoms with van der Waals surface area (Å²) in [5.74, 6) is 0.530. The predicted molar refractivity (Wildman–Crippen MR) is 93.6 cm³/mol. The normalized spacial score (nSPS) is 15.4. The fourth-order valence-corrected chi connectivity index (χ4v) is 6.57. The molecule has 130 valence electrons. The molecule has 3 rings (SSSR count). The van der Waals surface area contributed by atoms with Gasteiger partial charge >= 0.3 is 21.7 Å². The SMILES string of the molecule is CC1=C(C)C(C)C([SiH](c2ccccc2)c2ccccc2)=[C-]1.[Cl-].[Cl-].[Cl-].[Ti+4]. The van der Waals surface area contributed by atoms with Crippen LogP contribution in [-0.2, 0) is 21.7 Å². The topological polar surface area (TPSA) is 0 Å². The number of benzene rings is 2. The Kier molecular flexibility index (Phi) is 13.1. The number of hydrogen-bond acceptors (Lipinski definition) is 0. The van der Waals surface area contributed by atoms with Gasteiger partial charge in [0.05, 0.1) is 0 Å². The largest absolute Gasteiger partial charge is 4.00 e. The van der Waals surface area contributed by atoms with Gasteiger partial charge in [-0.25, -0.2) is 11.1 Å². The number of rotatable bonds is 3. The maximum atomic E-state index is 3.71. The summed E-state index contributed by atoms with van der Waals surface area (Å²) in [6, 6.07) is 22.0. The van der Waals surface area contributed by atoms with Crippen molar-refractivity contribution in [2.45, 2.75) is 20.8 Å². The zero-order chi connectivity index (χ0) is 14.8. The first kappa shape index (κ1) is 26.9. The van der Waals surface area contributed by atoms with Gasteiger partial charge in [0.15, 0.2) is 0 Å². The third-order valence-corrected chi connectivity index (χ3v) is 7.99. The minimum absolute atomic E-state index is 0. The molecule has 1 atom stereocenters. The Labute approximate surface area is 186 Å². The van der Waals surface area contributed by atoms with Gasteiger partial charge in [0.2, 0.25) is 0 Å². The first-order valence-electron chi connectivity index (χ1n) is 7.59. The Morgan fingerprint density at radius 1 is 0.760 bits per heavy atom. The molecular formula is C20H21Cl3SiTi. The van der Waals surface area contributed by atoms with Crippen LogP contribution in [0.15, 0.2) is 77.0 Å². The minimum atomic E-state index is -1.37. The summed E-state index contributed by atoms with van der Waals surface area (Å²) in [6.07, 6.45) is 3.71. The summed E-state index contributed by atoms with van der Waals surface area (Å²) >= 11 is 0. The van der Waals surface area contributed by atoms with Crippen molar-refractivity contribution in [3.8, 4) is 0 Å². The van der Waals surface area contributed by atoms with E-state index < -0.39 is 8.80 Å². The molecule has 0 radical (unpaired) electrons. The van der Waals surface area contributed by atoms with Crippen LogP contribution in [0.4, 0.5) is 0 Å². The average molecular weight is 444 g/mol. The maximum Gasteiger partial charge on any atom is 4.00 e. The Morgan fingerprint density at radius 2 is 1.16 bits per heavy atom. The van der Waals surface area contributed by atoms with Gasteiger partial charge in [0.1, 0.15) is 8.80 Å². The van der Waals surface area contributed by atoms with E-state index in [1.807, 2.05) is 0 Å². The molecule has 25 heavy (non-hydrogen) atoms. The van der Waals surface area contributed by atoms with Crippen LogP contribution in [0.2, 0.25) is 0 Å². The van der Waals surface area contributed by atoms with Crippen LogP contribution in [0, 0.1) is 12.0 Å². The van der Waals surface area contributed by atoms with Gasteiger partial charge in [-0.15, -0.1) is 6.92 Å². The molecule has 0 amide bonds. The Bertz CT molecular complexity index is 660. The molecule has 2 aromatic rings. The molecule has 1 aliphatic carbocycles. The molecule has 5 heteroatoms. The van der Waals surface area contributed by atoms with Crippen molar-refractivity contribution in [3.05, 3.63) is 83.1 Å². The fourth-order valence-electron chi connectivity index (χ4n) is 3.15. The first-order chi connectivity index (χ1) is 10.2. The van der Waals surface area contributed by atoms with E-state index in [9.17, 15) is 0 Å². The van der Waals surface area contributed by atoms with Crippen LogP contribution < -0.4 is 47.6 Å². The van der Waals surface area contributed by atoms with Crippen LogP contribution in [0.3, 0.4) is 0 Å². The van der Waals surface area contributed by atoms with E-state index in [1.165, 1.54) is 26.7 Å². The smallest absolute Gasteiger partial charge is 1.00 e. The summed E-state index contributed by atoms with van der Waals surface area (Å²) < 4.78 is 0. The van der Waals surface area contributed by atoms with Crippen molar-refractivity contribution in [1.82, 2.24) is 0 Å².